The Morgan fingerprint density at radius 2 is 1.69 bits per heavy atom. The second-order valence-electron chi connectivity index (χ2n) is 9.99. The molecule has 0 radical (unpaired) electrons. The van der Waals surface area contributed by atoms with Crippen molar-refractivity contribution < 1.29 is 4.79 Å². The van der Waals surface area contributed by atoms with Crippen LogP contribution in [0.25, 0.3) is 0 Å². The van der Waals surface area contributed by atoms with E-state index in [9.17, 15) is 4.79 Å². The number of allylic oxidation sites excluding steroid dienone is 2. The van der Waals surface area contributed by atoms with Crippen molar-refractivity contribution in [3.63, 3.8) is 0 Å². The minimum atomic E-state index is -0.287. The number of carbonyl (C=O) groups excluding carboxylic acids is 1. The fraction of sp³-hybridized carbons (Fsp3) is 0.250. The molecule has 2 aromatic carbocycles. The number of nitrogens with zero attached hydrogens (tertiary/aromatic N) is 3. The quantitative estimate of drug-likeness (QED) is 0.335. The third-order valence-electron chi connectivity index (χ3n) is 6.68. The summed E-state index contributed by atoms with van der Waals surface area (Å²) in [7, 11) is 0. The zero-order valence-electron chi connectivity index (χ0n) is 19.7. The van der Waals surface area contributed by atoms with Gasteiger partial charge in [-0.05, 0) is 34.6 Å². The number of ketones is 1. The summed E-state index contributed by atoms with van der Waals surface area (Å²) in [6.45, 7) is 4.29. The Balaban J connectivity index is 1.41. The average molecular weight is 482 g/mol. The van der Waals surface area contributed by atoms with Gasteiger partial charge in [-0.25, -0.2) is 4.68 Å². The van der Waals surface area contributed by atoms with Crippen molar-refractivity contribution in [2.45, 2.75) is 43.1 Å². The number of carbonyl (C=O) groups is 1. The molecule has 2 aromatic heterocycles. The van der Waals surface area contributed by atoms with E-state index in [1.165, 1.54) is 11.1 Å². The Labute approximate surface area is 208 Å². The molecule has 176 valence electrons. The van der Waals surface area contributed by atoms with E-state index in [1.807, 2.05) is 35.3 Å². The second kappa shape index (κ2) is 8.57. The van der Waals surface area contributed by atoms with Gasteiger partial charge in [0, 0.05) is 30.1 Å². The minimum absolute atomic E-state index is 0.0516. The first-order valence-electron chi connectivity index (χ1n) is 11.9. The molecule has 0 amide bonds. The van der Waals surface area contributed by atoms with Crippen molar-refractivity contribution in [1.29, 1.82) is 0 Å². The van der Waals surface area contributed by atoms with Crippen LogP contribution >= 0.6 is 11.8 Å². The number of fused-ring (bicyclic) bond motifs is 1. The molecule has 6 rings (SSSR count). The van der Waals surface area contributed by atoms with Gasteiger partial charge in [0.15, 0.2) is 5.78 Å². The summed E-state index contributed by atoms with van der Waals surface area (Å²) >= 11 is 1.63. The summed E-state index contributed by atoms with van der Waals surface area (Å²) in [6, 6.07) is 22.6. The summed E-state index contributed by atoms with van der Waals surface area (Å²) < 4.78 is 1.88. The first-order chi connectivity index (χ1) is 17.0. The molecule has 0 saturated heterocycles. The summed E-state index contributed by atoms with van der Waals surface area (Å²) in [4.78, 5) is 21.4. The topological polar surface area (TPSA) is 75.6 Å². The summed E-state index contributed by atoms with van der Waals surface area (Å²) in [6.07, 6.45) is 5.18. The van der Waals surface area contributed by atoms with Crippen molar-refractivity contribution in [1.82, 2.24) is 19.7 Å². The molecule has 4 aromatic rings. The molecule has 1 aliphatic carbocycles. The number of Topliss-reactive ketones (excluding diaryl/α,β-unsaturated/α-hetero) is 1. The fourth-order valence-electron chi connectivity index (χ4n) is 5.14. The molecule has 35 heavy (non-hydrogen) atoms. The highest BCUT2D eigenvalue weighted by Crippen LogP contribution is 2.46. The largest absolute Gasteiger partial charge is 0.367 e. The van der Waals surface area contributed by atoms with E-state index >= 15 is 0 Å². The van der Waals surface area contributed by atoms with Gasteiger partial charge >= 0.3 is 0 Å². The van der Waals surface area contributed by atoms with Gasteiger partial charge in [0.05, 0.1) is 5.25 Å². The zero-order valence-corrected chi connectivity index (χ0v) is 20.5. The van der Waals surface area contributed by atoms with Gasteiger partial charge in [-0.15, -0.1) is 5.10 Å². The summed E-state index contributed by atoms with van der Waals surface area (Å²) in [5.74, 6) is 0.861. The third-order valence-corrected chi connectivity index (χ3v) is 7.84. The maximum Gasteiger partial charge on any atom is 0.227 e. The zero-order chi connectivity index (χ0) is 24.0. The number of benzene rings is 2. The highest BCUT2D eigenvalue weighted by atomic mass is 32.2. The number of rotatable bonds is 5. The number of hydrogen-bond acceptors (Lipinski definition) is 5. The molecule has 0 spiro atoms. The van der Waals surface area contributed by atoms with Gasteiger partial charge in [0.25, 0.3) is 0 Å². The monoisotopic (exact) mass is 481 g/mol. The molecule has 0 bridgehead atoms. The van der Waals surface area contributed by atoms with Crippen LogP contribution in [0.2, 0.25) is 0 Å². The van der Waals surface area contributed by atoms with E-state index in [4.69, 9.17) is 10.1 Å². The van der Waals surface area contributed by atoms with Gasteiger partial charge in [-0.3, -0.25) is 4.79 Å². The highest BCUT2D eigenvalue weighted by molar-refractivity contribution is 7.99. The van der Waals surface area contributed by atoms with Crippen LogP contribution in [-0.4, -0.2) is 25.5 Å². The van der Waals surface area contributed by atoms with Crippen molar-refractivity contribution in [2.24, 2.45) is 5.41 Å². The molecule has 1 aliphatic heterocycles. The minimum Gasteiger partial charge on any atom is -0.367 e. The molecule has 2 aliphatic rings. The SMILES string of the molecule is CC1(C)CC(=O)C2=C(C1)Nc1nc(SC(c3ccccc3)c3ccccc3)nn1C2c1cc[nH]c1. The predicted molar refractivity (Wildman–Crippen MR) is 138 cm³/mol. The molecular weight excluding hydrogens is 454 g/mol. The molecule has 2 N–H and O–H groups in total. The van der Waals surface area contributed by atoms with E-state index in [-0.39, 0.29) is 22.5 Å². The smallest absolute Gasteiger partial charge is 0.227 e. The van der Waals surface area contributed by atoms with Gasteiger partial charge in [0.1, 0.15) is 6.04 Å². The lowest BCUT2D eigenvalue weighted by atomic mass is 9.73. The Hall–Kier alpha value is -3.58. The molecule has 1 unspecified atom stereocenters. The number of nitrogens with one attached hydrogen (secondary N) is 2. The van der Waals surface area contributed by atoms with Crippen LogP contribution in [0.15, 0.2) is 95.6 Å². The number of thioether (sulfide) groups is 1. The lowest BCUT2D eigenvalue weighted by Gasteiger charge is -2.37. The predicted octanol–water partition coefficient (Wildman–Crippen LogP) is 6.15. The molecule has 6 nitrogen and oxygen atoms in total. The van der Waals surface area contributed by atoms with Crippen LogP contribution < -0.4 is 5.32 Å². The van der Waals surface area contributed by atoms with E-state index in [1.54, 1.807) is 11.8 Å². The van der Waals surface area contributed by atoms with Gasteiger partial charge in [-0.2, -0.15) is 4.98 Å². The van der Waals surface area contributed by atoms with Gasteiger partial charge < -0.3 is 10.3 Å². The number of H-pyrrole nitrogens is 1. The van der Waals surface area contributed by atoms with Gasteiger partial charge in [-0.1, -0.05) is 86.3 Å². The Morgan fingerprint density at radius 1 is 1.00 bits per heavy atom. The first kappa shape index (κ1) is 21.9. The third kappa shape index (κ3) is 4.10. The van der Waals surface area contributed by atoms with E-state index < -0.39 is 0 Å². The molecular formula is C28H27N5OS. The van der Waals surface area contributed by atoms with Crippen molar-refractivity contribution in [2.75, 3.05) is 5.32 Å². The maximum absolute atomic E-state index is 13.3. The maximum atomic E-state index is 13.3. The van der Waals surface area contributed by atoms with Crippen LogP contribution in [0.1, 0.15) is 54.7 Å². The molecule has 0 saturated carbocycles. The Bertz CT molecular complexity index is 1350. The van der Waals surface area contributed by atoms with E-state index in [2.05, 4.69) is 72.7 Å². The molecule has 1 atom stereocenters. The van der Waals surface area contributed by atoms with E-state index in [0.29, 0.717) is 17.5 Å². The van der Waals surface area contributed by atoms with Crippen LogP contribution in [0.5, 0.6) is 0 Å². The average Bonchev–Trinajstić information content (AvgIpc) is 3.51. The van der Waals surface area contributed by atoms with Crippen LogP contribution in [-0.2, 0) is 4.79 Å². The second-order valence-corrected chi connectivity index (χ2v) is 11.1. The first-order valence-corrected chi connectivity index (χ1v) is 12.8. The number of anilines is 1. The van der Waals surface area contributed by atoms with Crippen LogP contribution in [0.3, 0.4) is 0 Å². The fourth-order valence-corrected chi connectivity index (χ4v) is 6.22. The molecule has 7 heteroatoms. The number of aromatic amines is 1. The summed E-state index contributed by atoms with van der Waals surface area (Å²) in [5, 5.41) is 9.15. The number of hydrogen-bond donors (Lipinski definition) is 2. The highest BCUT2D eigenvalue weighted by Gasteiger charge is 2.42. The van der Waals surface area contributed by atoms with Crippen molar-refractivity contribution in [3.8, 4) is 0 Å². The van der Waals surface area contributed by atoms with E-state index in [0.717, 1.165) is 23.3 Å². The normalized spacial score (nSPS) is 18.8. The summed E-state index contributed by atoms with van der Waals surface area (Å²) in [5.41, 5.74) is 5.09. The van der Waals surface area contributed by atoms with Crippen molar-refractivity contribution >= 4 is 23.5 Å². The standard InChI is InChI=1S/C28H27N5OS/c1-28(2)15-21-23(22(34)16-28)24(20-13-14-29-17-20)33-26(30-21)31-27(32-33)35-25(18-9-5-3-6-10-18)19-11-7-4-8-12-19/h3-14,17,24-25,29H,15-16H2,1-2H3,(H,30,31,32). The number of aromatic nitrogens is 4. The van der Waals surface area contributed by atoms with Gasteiger partial charge in [0.2, 0.25) is 11.1 Å². The Kier molecular flexibility index (Phi) is 5.37. The molecule has 0 fully saturated rings. The lowest BCUT2D eigenvalue weighted by Crippen LogP contribution is -2.36. The molecule has 3 heterocycles. The van der Waals surface area contributed by atoms with Crippen LogP contribution in [0.4, 0.5) is 5.95 Å². The lowest BCUT2D eigenvalue weighted by molar-refractivity contribution is -0.118. The van der Waals surface area contributed by atoms with Crippen LogP contribution in [0, 0.1) is 5.41 Å². The van der Waals surface area contributed by atoms with Crippen molar-refractivity contribution in [3.05, 3.63) is 107 Å². The Morgan fingerprint density at radius 3 is 2.31 bits per heavy atom.